The fourth-order valence-electron chi connectivity index (χ4n) is 6.01. The van der Waals surface area contributed by atoms with E-state index in [2.05, 4.69) is 35.5 Å². The van der Waals surface area contributed by atoms with Crippen molar-refractivity contribution in [3.8, 4) is 33.9 Å². The second-order valence-electron chi connectivity index (χ2n) is 11.8. The number of sulfone groups is 1. The molecule has 0 radical (unpaired) electrons. The maximum atomic E-state index is 14.6. The summed E-state index contributed by atoms with van der Waals surface area (Å²) in [6.45, 7) is 0. The number of aromatic nitrogens is 7. The Morgan fingerprint density at radius 1 is 1.00 bits per heavy atom. The molecule has 1 aliphatic rings. The van der Waals surface area contributed by atoms with E-state index in [4.69, 9.17) is 4.98 Å². The van der Waals surface area contributed by atoms with Crippen LogP contribution in [0.5, 0.6) is 0 Å². The number of rotatable bonds is 8. The van der Waals surface area contributed by atoms with E-state index in [-0.39, 0.29) is 24.0 Å². The maximum absolute atomic E-state index is 14.6. The fraction of sp³-hybridized carbons (Fsp3) is 0.273. The zero-order chi connectivity index (χ0) is 31.8. The molecule has 0 saturated heterocycles. The van der Waals surface area contributed by atoms with E-state index in [0.29, 0.717) is 50.7 Å². The molecule has 1 aliphatic carbocycles. The van der Waals surface area contributed by atoms with Crippen molar-refractivity contribution < 1.29 is 17.6 Å². The molecule has 1 saturated carbocycles. The summed E-state index contributed by atoms with van der Waals surface area (Å²) in [5.41, 5.74) is 6.02. The molecule has 11 nitrogen and oxygen atoms in total. The Kier molecular flexibility index (Phi) is 7.77. The number of hydrogen-bond donors (Lipinski definition) is 3. The highest BCUT2D eigenvalue weighted by molar-refractivity contribution is 7.90. The minimum atomic E-state index is -3.21. The van der Waals surface area contributed by atoms with Crippen LogP contribution in [0.3, 0.4) is 0 Å². The number of imidazole rings is 1. The van der Waals surface area contributed by atoms with Gasteiger partial charge in [0.1, 0.15) is 26.9 Å². The number of amides is 1. The van der Waals surface area contributed by atoms with E-state index in [1.165, 1.54) is 18.6 Å². The number of H-pyrrole nitrogens is 2. The van der Waals surface area contributed by atoms with Gasteiger partial charge < -0.3 is 10.3 Å². The zero-order valence-corrected chi connectivity index (χ0v) is 25.9. The Labute approximate surface area is 264 Å². The van der Waals surface area contributed by atoms with Crippen molar-refractivity contribution in [2.45, 2.75) is 38.5 Å². The number of halogens is 1. The van der Waals surface area contributed by atoms with Crippen LogP contribution in [0.2, 0.25) is 0 Å². The molecule has 234 valence electrons. The summed E-state index contributed by atoms with van der Waals surface area (Å²) in [5.74, 6) is -0.0112. The molecule has 0 bridgehead atoms. The Morgan fingerprint density at radius 2 is 1.83 bits per heavy atom. The average Bonchev–Trinajstić information content (AvgIpc) is 3.68. The van der Waals surface area contributed by atoms with Gasteiger partial charge in [0.2, 0.25) is 5.91 Å². The van der Waals surface area contributed by atoms with Crippen LogP contribution in [-0.4, -0.2) is 61.5 Å². The molecule has 0 atom stereocenters. The van der Waals surface area contributed by atoms with Gasteiger partial charge in [-0.2, -0.15) is 5.10 Å². The van der Waals surface area contributed by atoms with Crippen LogP contribution < -0.4 is 5.32 Å². The lowest BCUT2D eigenvalue weighted by atomic mass is 9.88. The van der Waals surface area contributed by atoms with Gasteiger partial charge in [0.25, 0.3) is 0 Å². The van der Waals surface area contributed by atoms with E-state index >= 15 is 0 Å². The minimum absolute atomic E-state index is 0.0336. The van der Waals surface area contributed by atoms with Crippen LogP contribution >= 0.6 is 0 Å². The number of pyridine rings is 3. The van der Waals surface area contributed by atoms with Crippen molar-refractivity contribution in [2.75, 3.05) is 17.3 Å². The predicted molar refractivity (Wildman–Crippen MR) is 174 cm³/mol. The lowest BCUT2D eigenvalue weighted by molar-refractivity contribution is -0.120. The summed E-state index contributed by atoms with van der Waals surface area (Å²) in [7, 11) is -3.21. The van der Waals surface area contributed by atoms with Gasteiger partial charge in [0.05, 0.1) is 34.2 Å². The van der Waals surface area contributed by atoms with Crippen LogP contribution in [0.1, 0.15) is 37.7 Å². The van der Waals surface area contributed by atoms with E-state index in [1.54, 1.807) is 36.9 Å². The lowest BCUT2D eigenvalue weighted by Crippen LogP contribution is -2.24. The van der Waals surface area contributed by atoms with Gasteiger partial charge in [-0.25, -0.2) is 22.8 Å². The summed E-state index contributed by atoms with van der Waals surface area (Å²) >= 11 is 0. The average molecular weight is 639 g/mol. The van der Waals surface area contributed by atoms with Gasteiger partial charge in [-0.3, -0.25) is 19.9 Å². The van der Waals surface area contributed by atoms with Crippen molar-refractivity contribution in [3.63, 3.8) is 0 Å². The van der Waals surface area contributed by atoms with Crippen LogP contribution in [0.15, 0.2) is 61.2 Å². The summed E-state index contributed by atoms with van der Waals surface area (Å²) < 4.78 is 38.0. The first-order chi connectivity index (χ1) is 22.2. The first-order valence-electron chi connectivity index (χ1n) is 15.1. The number of aryl methyl sites for hydroxylation is 1. The van der Waals surface area contributed by atoms with E-state index in [9.17, 15) is 17.6 Å². The van der Waals surface area contributed by atoms with Crippen LogP contribution in [-0.2, 0) is 21.1 Å². The molecule has 1 aromatic carbocycles. The number of carbonyl (C=O) groups is 1. The first kappa shape index (κ1) is 29.7. The number of hydrogen-bond acceptors (Lipinski definition) is 8. The van der Waals surface area contributed by atoms with E-state index in [1.807, 2.05) is 12.1 Å². The fourth-order valence-corrected chi connectivity index (χ4v) is 6.62. The molecular formula is C33H31FN8O3S. The molecule has 13 heteroatoms. The molecule has 46 heavy (non-hydrogen) atoms. The maximum Gasteiger partial charge on any atom is 0.227 e. The minimum Gasteiger partial charge on any atom is -0.337 e. The van der Waals surface area contributed by atoms with Crippen LogP contribution in [0, 0.1) is 11.7 Å². The number of nitrogens with zero attached hydrogens (tertiary/aromatic N) is 5. The zero-order valence-electron chi connectivity index (χ0n) is 25.0. The van der Waals surface area contributed by atoms with Gasteiger partial charge >= 0.3 is 0 Å². The highest BCUT2D eigenvalue weighted by Crippen LogP contribution is 2.33. The summed E-state index contributed by atoms with van der Waals surface area (Å²) in [6.07, 6.45) is 13.2. The Hall–Kier alpha value is -5.04. The quantitative estimate of drug-likeness (QED) is 0.187. The molecule has 1 amide bonds. The lowest BCUT2D eigenvalue weighted by Gasteiger charge is -2.20. The molecule has 5 aromatic heterocycles. The highest BCUT2D eigenvalue weighted by atomic mass is 32.2. The van der Waals surface area contributed by atoms with Gasteiger partial charge in [-0.1, -0.05) is 19.3 Å². The smallest absolute Gasteiger partial charge is 0.227 e. The number of fused-ring (bicyclic) bond motifs is 2. The predicted octanol–water partition coefficient (Wildman–Crippen LogP) is 5.87. The Bertz CT molecular complexity index is 2210. The third kappa shape index (κ3) is 6.23. The van der Waals surface area contributed by atoms with Crippen molar-refractivity contribution >= 4 is 43.5 Å². The molecule has 5 heterocycles. The summed E-state index contributed by atoms with van der Waals surface area (Å²) in [6, 6.07) is 10.0. The first-order valence-corrected chi connectivity index (χ1v) is 17.2. The number of aromatic amines is 2. The second kappa shape index (κ2) is 12.0. The van der Waals surface area contributed by atoms with Gasteiger partial charge in [-0.15, -0.1) is 0 Å². The standard InChI is InChI=1S/C33H31FN8O3S/c1-46(44,45)10-8-19-11-21(13-24(34)12-19)28-30-27(7-9-36-28)39-32(40-30)29-26-15-23(17-37-31(26)42-41-29)22-14-25(18-35-16-22)38-33(43)20-5-3-2-4-6-20/h7,9,11-18,20H,2-6,8,10H2,1H3,(H,38,43)(H,39,40)(H,37,41,42). The highest BCUT2D eigenvalue weighted by Gasteiger charge is 2.22. The number of anilines is 1. The molecule has 3 N–H and O–H groups in total. The molecule has 0 aliphatic heterocycles. The SMILES string of the molecule is CS(=O)(=O)CCc1cc(F)cc(-c2nccc3[nH]c(-c4[nH]nc5ncc(-c6cncc(NC(=O)C7CCCCC7)c6)cc45)nc23)c1. The van der Waals surface area contributed by atoms with Crippen molar-refractivity contribution in [1.82, 2.24) is 35.1 Å². The number of carbonyl (C=O) groups excluding carboxylic acids is 1. The third-order valence-corrected chi connectivity index (χ3v) is 9.30. The molecule has 0 unspecified atom stereocenters. The van der Waals surface area contributed by atoms with E-state index in [0.717, 1.165) is 48.5 Å². The Balaban J connectivity index is 1.21. The van der Waals surface area contributed by atoms with Gasteiger partial charge in [0, 0.05) is 47.5 Å². The van der Waals surface area contributed by atoms with Crippen LogP contribution in [0.25, 0.3) is 56.0 Å². The normalized spacial score (nSPS) is 14.2. The number of nitrogens with one attached hydrogen (secondary N) is 3. The van der Waals surface area contributed by atoms with E-state index < -0.39 is 15.7 Å². The topological polar surface area (TPSA) is 159 Å². The molecule has 7 rings (SSSR count). The van der Waals surface area contributed by atoms with Crippen molar-refractivity contribution in [1.29, 1.82) is 0 Å². The molecule has 0 spiro atoms. The molecule has 1 fully saturated rings. The summed E-state index contributed by atoms with van der Waals surface area (Å²) in [4.78, 5) is 34.4. The molecule has 6 aromatic rings. The number of benzene rings is 1. The second-order valence-corrected chi connectivity index (χ2v) is 14.1. The van der Waals surface area contributed by atoms with Crippen molar-refractivity contribution in [3.05, 3.63) is 72.6 Å². The monoisotopic (exact) mass is 638 g/mol. The molecular weight excluding hydrogens is 607 g/mol. The third-order valence-electron chi connectivity index (χ3n) is 8.35. The largest absolute Gasteiger partial charge is 0.337 e. The van der Waals surface area contributed by atoms with Crippen molar-refractivity contribution in [2.24, 2.45) is 5.92 Å². The van der Waals surface area contributed by atoms with Gasteiger partial charge in [0.15, 0.2) is 11.5 Å². The van der Waals surface area contributed by atoms with Gasteiger partial charge in [-0.05, 0) is 61.2 Å². The Morgan fingerprint density at radius 3 is 2.65 bits per heavy atom. The van der Waals surface area contributed by atoms with Crippen LogP contribution in [0.4, 0.5) is 10.1 Å². The summed E-state index contributed by atoms with van der Waals surface area (Å²) in [5, 5.41) is 11.2.